The van der Waals surface area contributed by atoms with Crippen molar-refractivity contribution >= 4 is 31.4 Å². The first-order chi connectivity index (χ1) is 16.9. The normalized spacial score (nSPS) is 10.1. The van der Waals surface area contributed by atoms with Gasteiger partial charge in [-0.1, -0.05) is 109 Å². The molecule has 0 aliphatic heterocycles. The van der Waals surface area contributed by atoms with Crippen molar-refractivity contribution in [2.75, 3.05) is 0 Å². The van der Waals surface area contributed by atoms with E-state index in [1.807, 2.05) is 72.8 Å². The van der Waals surface area contributed by atoms with Crippen LogP contribution in [0, 0.1) is 0 Å². The van der Waals surface area contributed by atoms with Gasteiger partial charge in [-0.3, -0.25) is 0 Å². The van der Waals surface area contributed by atoms with Crippen LogP contribution in [-0.4, -0.2) is 9.97 Å². The predicted molar refractivity (Wildman–Crippen MR) is 140 cm³/mol. The van der Waals surface area contributed by atoms with Gasteiger partial charge in [-0.25, -0.2) is 9.97 Å². The smallest absolute Gasteiger partial charge is 0.0709 e. The Bertz CT molecular complexity index is 1360. The summed E-state index contributed by atoms with van der Waals surface area (Å²) in [5.74, 6) is 0. The number of hydrogen-bond acceptors (Lipinski definition) is 2. The van der Waals surface area contributed by atoms with Crippen LogP contribution in [0.4, 0.5) is 0 Å². The van der Waals surface area contributed by atoms with E-state index in [4.69, 9.17) is 0 Å². The molecule has 0 unspecified atom stereocenters. The molecule has 0 amide bonds. The second-order valence-electron chi connectivity index (χ2n) is 7.51. The number of pyridine rings is 2. The van der Waals surface area contributed by atoms with Gasteiger partial charge < -0.3 is 0 Å². The van der Waals surface area contributed by atoms with Crippen molar-refractivity contribution < 1.29 is 17.6 Å². The van der Waals surface area contributed by atoms with Crippen LogP contribution in [0.1, 0.15) is 0 Å². The van der Waals surface area contributed by atoms with Gasteiger partial charge in [-0.2, -0.15) is 0 Å². The summed E-state index contributed by atoms with van der Waals surface area (Å²) in [6, 6.07) is 45.2. The summed E-state index contributed by atoms with van der Waals surface area (Å²) < 4.78 is 0. The molecule has 4 aromatic carbocycles. The number of rotatable bonds is 2. The molecule has 167 valence electrons. The first-order valence-electron chi connectivity index (χ1n) is 10.8. The fraction of sp³-hybridized carbons (Fsp3) is 0. The minimum absolute atomic E-state index is 1.03. The number of halogens is 1. The van der Waals surface area contributed by atoms with Crippen molar-refractivity contribution in [3.63, 3.8) is 0 Å². The number of nitrogens with zero attached hydrogens (tertiary/aromatic N) is 2. The van der Waals surface area contributed by atoms with Crippen LogP contribution in [0.15, 0.2) is 133 Å². The largest absolute Gasteiger partial charge is 0.248 e. The van der Waals surface area contributed by atoms with Gasteiger partial charge in [0, 0.05) is 21.9 Å². The topological polar surface area (TPSA) is 25.8 Å². The molecule has 2 heterocycles. The minimum Gasteiger partial charge on any atom is -0.248 e. The van der Waals surface area contributed by atoms with Gasteiger partial charge in [0.25, 0.3) is 0 Å². The molecule has 0 saturated heterocycles. The first-order valence-corrected chi connectivity index (χ1v) is 14.0. The average Bonchev–Trinajstić information content (AvgIpc) is 2.95. The molecule has 0 bridgehead atoms. The van der Waals surface area contributed by atoms with Crippen molar-refractivity contribution in [1.82, 2.24) is 9.97 Å². The van der Waals surface area contributed by atoms with Crippen LogP contribution in [0.25, 0.3) is 44.3 Å². The summed E-state index contributed by atoms with van der Waals surface area (Å²) in [6.45, 7) is 0. The van der Waals surface area contributed by atoms with Crippen LogP contribution in [0.2, 0.25) is 0 Å². The predicted octanol–water partition coefficient (Wildman–Crippen LogP) is 8.49. The molecule has 6 rings (SSSR count). The van der Waals surface area contributed by atoms with E-state index in [2.05, 4.69) is 80.3 Å². The SMILES string of the molecule is [Cl][Os].c1ccc(-c2ccc3ccccc3n2)cc1.c1ccc(-c2ccc3ccccc3n2)cc1. The van der Waals surface area contributed by atoms with Gasteiger partial charge in [-0.05, 0) is 24.3 Å². The quantitative estimate of drug-likeness (QED) is 0.191. The Morgan fingerprint density at radius 1 is 0.382 bits per heavy atom. The van der Waals surface area contributed by atoms with Crippen molar-refractivity contribution in [1.29, 1.82) is 0 Å². The molecule has 2 aromatic heterocycles. The van der Waals surface area contributed by atoms with Crippen LogP contribution in [0.3, 0.4) is 0 Å². The molecule has 0 saturated carbocycles. The molecule has 0 atom stereocenters. The Kier molecular flexibility index (Phi) is 8.52. The zero-order valence-electron chi connectivity index (χ0n) is 18.3. The molecule has 4 heteroatoms. The van der Waals surface area contributed by atoms with Crippen LogP contribution in [-0.2, 0) is 17.6 Å². The summed E-state index contributed by atoms with van der Waals surface area (Å²) in [6.07, 6.45) is 0. The van der Waals surface area contributed by atoms with E-state index in [1.165, 1.54) is 28.4 Å². The Labute approximate surface area is 214 Å². The molecule has 0 spiro atoms. The fourth-order valence-corrected chi connectivity index (χ4v) is 3.67. The maximum absolute atomic E-state index is 4.67. The van der Waals surface area contributed by atoms with Gasteiger partial charge in [0.05, 0.1) is 22.4 Å². The standard InChI is InChI=1S/2C15H11N.ClH.Os/c2*1-2-6-12(7-3-1)15-11-10-13-8-4-5-9-14(13)16-15;;/h2*1-11H;1H;/q;;;+1/p-1. The van der Waals surface area contributed by atoms with E-state index in [1.54, 1.807) is 0 Å². The number of para-hydroxylation sites is 2. The summed E-state index contributed by atoms with van der Waals surface area (Å²) in [7, 11) is 4.67. The number of hydrogen-bond donors (Lipinski definition) is 0. The zero-order valence-corrected chi connectivity index (χ0v) is 21.6. The van der Waals surface area contributed by atoms with E-state index < -0.39 is 0 Å². The molecule has 0 fully saturated rings. The fourth-order valence-electron chi connectivity index (χ4n) is 3.67. The zero-order chi connectivity index (χ0) is 23.6. The van der Waals surface area contributed by atoms with Crippen LogP contribution >= 0.6 is 9.64 Å². The third-order valence-electron chi connectivity index (χ3n) is 5.34. The van der Waals surface area contributed by atoms with Crippen molar-refractivity contribution in [2.24, 2.45) is 0 Å². The monoisotopic (exact) mass is 637 g/mol. The Morgan fingerprint density at radius 3 is 1.15 bits per heavy atom. The number of aromatic nitrogens is 2. The summed E-state index contributed by atoms with van der Waals surface area (Å²) >= 11 is 1.33. The molecule has 0 radical (unpaired) electrons. The second kappa shape index (κ2) is 12.2. The number of benzene rings is 4. The molecular weight excluding hydrogens is 614 g/mol. The van der Waals surface area contributed by atoms with Crippen LogP contribution in [0.5, 0.6) is 0 Å². The maximum Gasteiger partial charge on any atom is 0.0709 e. The van der Waals surface area contributed by atoms with Gasteiger partial charge in [0.15, 0.2) is 0 Å². The van der Waals surface area contributed by atoms with Crippen molar-refractivity contribution in [3.05, 3.63) is 133 Å². The molecule has 2 nitrogen and oxygen atoms in total. The van der Waals surface area contributed by atoms with Crippen molar-refractivity contribution in [2.45, 2.75) is 0 Å². The molecule has 0 aliphatic carbocycles. The molecule has 34 heavy (non-hydrogen) atoms. The average molecular weight is 636 g/mol. The third kappa shape index (κ3) is 5.94. The van der Waals surface area contributed by atoms with E-state index in [-0.39, 0.29) is 0 Å². The summed E-state index contributed by atoms with van der Waals surface area (Å²) in [4.78, 5) is 9.29. The number of fused-ring (bicyclic) bond motifs is 2. The minimum atomic E-state index is 1.03. The molecule has 0 N–H and O–H groups in total. The Hall–Kier alpha value is -3.37. The van der Waals surface area contributed by atoms with Gasteiger partial charge in [0.1, 0.15) is 0 Å². The second-order valence-corrected chi connectivity index (χ2v) is 7.51. The van der Waals surface area contributed by atoms with Crippen LogP contribution < -0.4 is 0 Å². The first kappa shape index (κ1) is 23.8. The van der Waals surface area contributed by atoms with E-state index in [0.29, 0.717) is 0 Å². The van der Waals surface area contributed by atoms with Gasteiger partial charge in [0.2, 0.25) is 0 Å². The summed E-state index contributed by atoms with van der Waals surface area (Å²) in [5, 5.41) is 2.37. The van der Waals surface area contributed by atoms with E-state index in [9.17, 15) is 0 Å². The molecular formula is C30H22ClN2Os. The van der Waals surface area contributed by atoms with Crippen molar-refractivity contribution in [3.8, 4) is 22.5 Å². The summed E-state index contributed by atoms with van der Waals surface area (Å²) in [5.41, 5.74) is 6.47. The van der Waals surface area contributed by atoms with Gasteiger partial charge in [-0.15, -0.1) is 0 Å². The van der Waals surface area contributed by atoms with E-state index in [0.717, 1.165) is 33.5 Å². The Morgan fingerprint density at radius 2 is 0.735 bits per heavy atom. The van der Waals surface area contributed by atoms with E-state index >= 15 is 0 Å². The van der Waals surface area contributed by atoms with Gasteiger partial charge >= 0.3 is 27.2 Å². The molecule has 6 aromatic rings. The Balaban J connectivity index is 0.000000150. The maximum atomic E-state index is 4.67. The molecule has 0 aliphatic rings. The third-order valence-corrected chi connectivity index (χ3v) is 5.34.